The molecule has 1 N–H and O–H groups in total. The van der Waals surface area contributed by atoms with Crippen molar-refractivity contribution in [3.63, 3.8) is 0 Å². The molecule has 0 saturated carbocycles. The smallest absolute Gasteiger partial charge is 0.243 e. The number of phenolic OH excluding ortho intramolecular Hbond substituents is 1. The molecule has 29 heavy (non-hydrogen) atoms. The number of hydrogen-bond donors (Lipinski definition) is 1. The SMILES string of the molecule is CCCOc1ccc(C=NCc2ccc(S(=O)(=O)N3CCOCC3)cc2)c(O)c1. The molecule has 3 rings (SSSR count). The molecule has 1 aliphatic rings. The fourth-order valence-corrected chi connectivity index (χ4v) is 4.30. The minimum atomic E-state index is -3.49. The maximum absolute atomic E-state index is 12.6. The average Bonchev–Trinajstić information content (AvgIpc) is 2.74. The van der Waals surface area contributed by atoms with Crippen LogP contribution in [0.25, 0.3) is 0 Å². The average molecular weight is 419 g/mol. The van der Waals surface area contributed by atoms with Crippen LogP contribution >= 0.6 is 0 Å². The van der Waals surface area contributed by atoms with E-state index in [0.717, 1.165) is 12.0 Å². The summed E-state index contributed by atoms with van der Waals surface area (Å²) in [6.07, 6.45) is 2.49. The third-order valence-corrected chi connectivity index (χ3v) is 6.42. The molecule has 0 radical (unpaired) electrons. The van der Waals surface area contributed by atoms with Crippen LogP contribution in [-0.4, -0.2) is 57.0 Å². The molecule has 0 aliphatic carbocycles. The summed E-state index contributed by atoms with van der Waals surface area (Å²) in [6.45, 7) is 4.59. The van der Waals surface area contributed by atoms with Crippen LogP contribution in [0.4, 0.5) is 0 Å². The molecule has 1 saturated heterocycles. The van der Waals surface area contributed by atoms with Crippen LogP contribution in [0.5, 0.6) is 11.5 Å². The van der Waals surface area contributed by atoms with Crippen LogP contribution in [0.15, 0.2) is 52.4 Å². The molecule has 2 aromatic rings. The van der Waals surface area contributed by atoms with Crippen molar-refractivity contribution in [1.29, 1.82) is 0 Å². The first-order valence-electron chi connectivity index (χ1n) is 9.63. The fraction of sp³-hybridized carbons (Fsp3) is 0.381. The van der Waals surface area contributed by atoms with E-state index in [9.17, 15) is 13.5 Å². The molecule has 0 spiro atoms. The van der Waals surface area contributed by atoms with Gasteiger partial charge in [0.15, 0.2) is 0 Å². The number of morpholine rings is 1. The number of aromatic hydroxyl groups is 1. The second-order valence-electron chi connectivity index (χ2n) is 6.70. The number of rotatable bonds is 8. The summed E-state index contributed by atoms with van der Waals surface area (Å²) < 4.78 is 37.4. The molecule has 0 bridgehead atoms. The highest BCUT2D eigenvalue weighted by Crippen LogP contribution is 2.23. The summed E-state index contributed by atoms with van der Waals surface area (Å²) in [4.78, 5) is 4.61. The Morgan fingerprint density at radius 1 is 1.17 bits per heavy atom. The van der Waals surface area contributed by atoms with Crippen LogP contribution in [0.3, 0.4) is 0 Å². The molecule has 1 aliphatic heterocycles. The highest BCUT2D eigenvalue weighted by molar-refractivity contribution is 7.89. The van der Waals surface area contributed by atoms with Gasteiger partial charge in [-0.25, -0.2) is 8.42 Å². The lowest BCUT2D eigenvalue weighted by molar-refractivity contribution is 0.0730. The van der Waals surface area contributed by atoms with Crippen molar-refractivity contribution in [3.8, 4) is 11.5 Å². The molecule has 0 amide bonds. The maximum atomic E-state index is 12.6. The van der Waals surface area contributed by atoms with E-state index >= 15 is 0 Å². The molecular weight excluding hydrogens is 392 g/mol. The molecule has 0 atom stereocenters. The third kappa shape index (κ3) is 5.56. The quantitative estimate of drug-likeness (QED) is 0.666. The Hall–Kier alpha value is -2.42. The van der Waals surface area contributed by atoms with E-state index < -0.39 is 10.0 Å². The monoisotopic (exact) mass is 418 g/mol. The summed E-state index contributed by atoms with van der Waals surface area (Å²) in [5.41, 5.74) is 1.48. The second-order valence-corrected chi connectivity index (χ2v) is 8.64. The van der Waals surface area contributed by atoms with Crippen molar-refractivity contribution in [2.45, 2.75) is 24.8 Å². The Balaban J connectivity index is 1.61. The minimum absolute atomic E-state index is 0.106. The van der Waals surface area contributed by atoms with Crippen molar-refractivity contribution in [1.82, 2.24) is 4.31 Å². The largest absolute Gasteiger partial charge is 0.507 e. The van der Waals surface area contributed by atoms with E-state index in [4.69, 9.17) is 9.47 Å². The van der Waals surface area contributed by atoms with Crippen molar-refractivity contribution >= 4 is 16.2 Å². The Labute approximate surface area is 171 Å². The van der Waals surface area contributed by atoms with Gasteiger partial charge in [-0.1, -0.05) is 19.1 Å². The van der Waals surface area contributed by atoms with E-state index in [-0.39, 0.29) is 10.6 Å². The van der Waals surface area contributed by atoms with E-state index in [2.05, 4.69) is 4.99 Å². The van der Waals surface area contributed by atoms with Gasteiger partial charge in [-0.2, -0.15) is 4.31 Å². The highest BCUT2D eigenvalue weighted by atomic mass is 32.2. The summed E-state index contributed by atoms with van der Waals surface area (Å²) in [6, 6.07) is 11.8. The topological polar surface area (TPSA) is 88.4 Å². The summed E-state index contributed by atoms with van der Waals surface area (Å²) in [7, 11) is -3.49. The van der Waals surface area contributed by atoms with Crippen molar-refractivity contribution in [3.05, 3.63) is 53.6 Å². The number of phenols is 1. The zero-order valence-electron chi connectivity index (χ0n) is 16.5. The molecule has 0 aromatic heterocycles. The van der Waals surface area contributed by atoms with Gasteiger partial charge in [0.1, 0.15) is 11.5 Å². The molecule has 0 unspecified atom stereocenters. The fourth-order valence-electron chi connectivity index (χ4n) is 2.89. The van der Waals surface area contributed by atoms with Gasteiger partial charge in [-0.3, -0.25) is 4.99 Å². The van der Waals surface area contributed by atoms with E-state index in [1.54, 1.807) is 48.7 Å². The van der Waals surface area contributed by atoms with Gasteiger partial charge in [0, 0.05) is 30.9 Å². The van der Waals surface area contributed by atoms with Crippen molar-refractivity contribution in [2.75, 3.05) is 32.9 Å². The number of ether oxygens (including phenoxy) is 2. The first kappa shape index (κ1) is 21.3. The number of hydrogen-bond acceptors (Lipinski definition) is 6. The predicted molar refractivity (Wildman–Crippen MR) is 111 cm³/mol. The standard InChI is InChI=1S/C21H26N2O5S/c1-2-11-28-19-6-5-18(21(24)14-19)16-22-15-17-3-7-20(8-4-17)29(25,26)23-9-12-27-13-10-23/h3-8,14,16,24H,2,9-13,15H2,1H3. The van der Waals surface area contributed by atoms with Crippen molar-refractivity contribution < 1.29 is 23.0 Å². The summed E-state index contributed by atoms with van der Waals surface area (Å²) in [5.74, 6) is 0.730. The van der Waals surface area contributed by atoms with Crippen LogP contribution < -0.4 is 4.74 Å². The van der Waals surface area contributed by atoms with Gasteiger partial charge < -0.3 is 14.6 Å². The zero-order chi connectivity index (χ0) is 20.7. The Morgan fingerprint density at radius 3 is 2.55 bits per heavy atom. The Morgan fingerprint density at radius 2 is 1.90 bits per heavy atom. The van der Waals surface area contributed by atoms with Crippen molar-refractivity contribution in [2.24, 2.45) is 4.99 Å². The molecular formula is C21H26N2O5S. The molecule has 1 fully saturated rings. The van der Waals surface area contributed by atoms with Gasteiger partial charge in [-0.15, -0.1) is 0 Å². The van der Waals surface area contributed by atoms with E-state index in [1.165, 1.54) is 4.31 Å². The second kappa shape index (κ2) is 9.87. The van der Waals surface area contributed by atoms with Gasteiger partial charge in [0.05, 0.1) is 31.3 Å². The summed E-state index contributed by atoms with van der Waals surface area (Å²) >= 11 is 0. The molecule has 7 nitrogen and oxygen atoms in total. The van der Waals surface area contributed by atoms with E-state index in [0.29, 0.717) is 50.8 Å². The van der Waals surface area contributed by atoms with Gasteiger partial charge in [0.25, 0.3) is 0 Å². The van der Waals surface area contributed by atoms with Crippen LogP contribution in [0.2, 0.25) is 0 Å². The normalized spacial score (nSPS) is 15.6. The lowest BCUT2D eigenvalue weighted by Crippen LogP contribution is -2.40. The number of sulfonamides is 1. The third-order valence-electron chi connectivity index (χ3n) is 4.51. The van der Waals surface area contributed by atoms with Crippen LogP contribution in [0, 0.1) is 0 Å². The summed E-state index contributed by atoms with van der Waals surface area (Å²) in [5, 5.41) is 10.1. The first-order valence-corrected chi connectivity index (χ1v) is 11.1. The predicted octanol–water partition coefficient (Wildman–Crippen LogP) is 2.82. The van der Waals surface area contributed by atoms with Gasteiger partial charge >= 0.3 is 0 Å². The van der Waals surface area contributed by atoms with Gasteiger partial charge in [-0.05, 0) is 36.2 Å². The minimum Gasteiger partial charge on any atom is -0.507 e. The Bertz CT molecular complexity index is 936. The molecule has 2 aromatic carbocycles. The highest BCUT2D eigenvalue weighted by Gasteiger charge is 2.25. The lowest BCUT2D eigenvalue weighted by Gasteiger charge is -2.26. The maximum Gasteiger partial charge on any atom is 0.243 e. The van der Waals surface area contributed by atoms with Crippen LogP contribution in [-0.2, 0) is 21.3 Å². The first-order chi connectivity index (χ1) is 14.0. The van der Waals surface area contributed by atoms with E-state index in [1.807, 2.05) is 6.92 Å². The van der Waals surface area contributed by atoms with Crippen LogP contribution in [0.1, 0.15) is 24.5 Å². The number of nitrogens with zero attached hydrogens (tertiary/aromatic N) is 2. The molecule has 8 heteroatoms. The lowest BCUT2D eigenvalue weighted by atomic mass is 10.2. The van der Waals surface area contributed by atoms with Gasteiger partial charge in [0.2, 0.25) is 10.0 Å². The Kier molecular flexibility index (Phi) is 7.24. The molecule has 1 heterocycles. The number of aliphatic imine (C=N–C) groups is 1. The number of benzene rings is 2. The molecule has 156 valence electrons. The zero-order valence-corrected chi connectivity index (χ0v) is 17.3.